The molecule has 2 amide bonds. The van der Waals surface area contributed by atoms with Crippen LogP contribution < -0.4 is 10.6 Å². The predicted octanol–water partition coefficient (Wildman–Crippen LogP) is 2.66. The molecule has 0 unspecified atom stereocenters. The lowest BCUT2D eigenvalue weighted by Gasteiger charge is -2.29. The zero-order chi connectivity index (χ0) is 22.1. The van der Waals surface area contributed by atoms with Gasteiger partial charge in [0.2, 0.25) is 5.91 Å². The minimum Gasteiger partial charge on any atom is -0.480 e. The van der Waals surface area contributed by atoms with Gasteiger partial charge in [0.15, 0.2) is 0 Å². The van der Waals surface area contributed by atoms with Gasteiger partial charge >= 0.3 is 12.1 Å². The lowest BCUT2D eigenvalue weighted by Crippen LogP contribution is -2.54. The molecule has 1 aliphatic carbocycles. The van der Waals surface area contributed by atoms with Crippen molar-refractivity contribution in [2.45, 2.75) is 64.6 Å². The Labute approximate surface area is 176 Å². The molecule has 1 aromatic rings. The molecule has 0 spiro atoms. The smallest absolute Gasteiger partial charge is 0.408 e. The van der Waals surface area contributed by atoms with E-state index >= 15 is 0 Å². The molecule has 8 nitrogen and oxygen atoms in total. The number of carbonyl (C=O) groups is 4. The summed E-state index contributed by atoms with van der Waals surface area (Å²) in [7, 11) is 0. The molecule has 0 aromatic heterocycles. The molecule has 0 saturated heterocycles. The van der Waals surface area contributed by atoms with Gasteiger partial charge in [-0.1, -0.05) is 44.2 Å². The number of hydrogen-bond donors (Lipinski definition) is 3. The van der Waals surface area contributed by atoms with E-state index in [0.717, 1.165) is 5.56 Å². The third-order valence-corrected chi connectivity index (χ3v) is 5.08. The van der Waals surface area contributed by atoms with E-state index in [-0.39, 0.29) is 24.7 Å². The molecular formula is C22H30N2O6. The average molecular weight is 418 g/mol. The first kappa shape index (κ1) is 23.4. The van der Waals surface area contributed by atoms with E-state index in [0.29, 0.717) is 25.7 Å². The third kappa shape index (κ3) is 7.50. The summed E-state index contributed by atoms with van der Waals surface area (Å²) in [6.45, 7) is 3.85. The Morgan fingerprint density at radius 2 is 1.87 bits per heavy atom. The van der Waals surface area contributed by atoms with Crippen LogP contribution in [0.15, 0.2) is 30.3 Å². The van der Waals surface area contributed by atoms with Crippen molar-refractivity contribution in [1.29, 1.82) is 0 Å². The van der Waals surface area contributed by atoms with Gasteiger partial charge in [0.05, 0.1) is 0 Å². The molecule has 1 aromatic carbocycles. The summed E-state index contributed by atoms with van der Waals surface area (Å²) in [5.41, 5.74) is 0.811. The molecule has 30 heavy (non-hydrogen) atoms. The molecule has 0 aliphatic heterocycles. The zero-order valence-corrected chi connectivity index (χ0v) is 17.4. The summed E-state index contributed by atoms with van der Waals surface area (Å²) in [6, 6.07) is 7.03. The fourth-order valence-corrected chi connectivity index (χ4v) is 3.59. The fourth-order valence-electron chi connectivity index (χ4n) is 3.59. The Hall–Kier alpha value is -2.90. The predicted molar refractivity (Wildman–Crippen MR) is 110 cm³/mol. The first-order chi connectivity index (χ1) is 14.3. The minimum absolute atomic E-state index is 0.00749. The molecule has 0 bridgehead atoms. The van der Waals surface area contributed by atoms with E-state index in [1.54, 1.807) is 0 Å². The van der Waals surface area contributed by atoms with Crippen molar-refractivity contribution in [2.75, 3.05) is 0 Å². The van der Waals surface area contributed by atoms with E-state index in [1.165, 1.54) is 0 Å². The highest BCUT2D eigenvalue weighted by atomic mass is 16.5. The Bertz CT molecular complexity index is 749. The summed E-state index contributed by atoms with van der Waals surface area (Å²) in [5, 5.41) is 14.7. The van der Waals surface area contributed by atoms with E-state index in [4.69, 9.17) is 4.74 Å². The maximum Gasteiger partial charge on any atom is 0.408 e. The Morgan fingerprint density at radius 3 is 2.47 bits per heavy atom. The van der Waals surface area contributed by atoms with Crippen LogP contribution >= 0.6 is 0 Å². The quantitative estimate of drug-likeness (QED) is 0.567. The number of Topliss-reactive ketones (excluding diaryl/α,β-unsaturated/α-hetero) is 1. The van der Waals surface area contributed by atoms with Gasteiger partial charge in [-0.3, -0.25) is 9.59 Å². The van der Waals surface area contributed by atoms with Crippen LogP contribution in [-0.4, -0.2) is 40.9 Å². The molecule has 3 N–H and O–H groups in total. The second-order valence-corrected chi connectivity index (χ2v) is 8.11. The second-order valence-electron chi connectivity index (χ2n) is 8.11. The summed E-state index contributed by atoms with van der Waals surface area (Å²) in [5.74, 6) is -2.14. The number of hydrogen-bond acceptors (Lipinski definition) is 5. The van der Waals surface area contributed by atoms with Crippen LogP contribution in [0.1, 0.15) is 51.5 Å². The topological polar surface area (TPSA) is 122 Å². The average Bonchev–Trinajstić information content (AvgIpc) is 2.70. The van der Waals surface area contributed by atoms with E-state index in [9.17, 15) is 24.3 Å². The standard InChI is InChI=1S/C22H30N2O6/c1-14(2)11-18(23-22(29)30-13-15-7-4-3-5-8-15)20(26)24-19(21(27)28)16-9-6-10-17(25)12-16/h3-5,7-8,14,16,18-19H,6,9-13H2,1-2H3,(H,23,29)(H,24,26)(H,27,28)/t16-,18-,19+/m0/s1. The van der Waals surface area contributed by atoms with Crippen LogP contribution in [0.25, 0.3) is 0 Å². The monoisotopic (exact) mass is 418 g/mol. The number of amides is 2. The highest BCUT2D eigenvalue weighted by Crippen LogP contribution is 2.25. The van der Waals surface area contributed by atoms with Crippen molar-refractivity contribution in [3.8, 4) is 0 Å². The Morgan fingerprint density at radius 1 is 1.17 bits per heavy atom. The number of carboxylic acid groups (broad SMARTS) is 1. The first-order valence-corrected chi connectivity index (χ1v) is 10.3. The minimum atomic E-state index is -1.18. The van der Waals surface area contributed by atoms with E-state index in [2.05, 4.69) is 10.6 Å². The fraction of sp³-hybridized carbons (Fsp3) is 0.545. The summed E-state index contributed by atoms with van der Waals surface area (Å²) in [6.07, 6.45) is 1.33. The van der Waals surface area contributed by atoms with E-state index < -0.39 is 36.0 Å². The number of carboxylic acids is 1. The lowest BCUT2D eigenvalue weighted by molar-refractivity contribution is -0.144. The van der Waals surface area contributed by atoms with Crippen molar-refractivity contribution in [3.05, 3.63) is 35.9 Å². The van der Waals surface area contributed by atoms with Crippen molar-refractivity contribution in [2.24, 2.45) is 11.8 Å². The van der Waals surface area contributed by atoms with Crippen molar-refractivity contribution in [1.82, 2.24) is 10.6 Å². The van der Waals surface area contributed by atoms with Crippen molar-refractivity contribution >= 4 is 23.8 Å². The maximum absolute atomic E-state index is 12.8. The highest BCUT2D eigenvalue weighted by Gasteiger charge is 2.35. The third-order valence-electron chi connectivity index (χ3n) is 5.08. The van der Waals surface area contributed by atoms with E-state index in [1.807, 2.05) is 44.2 Å². The van der Waals surface area contributed by atoms with Crippen LogP contribution in [0.5, 0.6) is 0 Å². The molecule has 3 atom stereocenters. The number of ketones is 1. The molecule has 1 fully saturated rings. The van der Waals surface area contributed by atoms with Crippen molar-refractivity contribution < 1.29 is 29.0 Å². The van der Waals surface area contributed by atoms with Gasteiger partial charge in [-0.15, -0.1) is 0 Å². The number of ether oxygens (including phenoxy) is 1. The van der Waals surface area contributed by atoms with Gasteiger partial charge in [-0.05, 0) is 36.7 Å². The first-order valence-electron chi connectivity index (χ1n) is 10.3. The molecule has 1 aliphatic rings. The van der Waals surface area contributed by atoms with Crippen LogP contribution in [-0.2, 0) is 25.7 Å². The van der Waals surface area contributed by atoms with Crippen LogP contribution in [0.4, 0.5) is 4.79 Å². The summed E-state index contributed by atoms with van der Waals surface area (Å²) in [4.78, 5) is 48.5. The normalized spacial score (nSPS) is 18.4. The van der Waals surface area contributed by atoms with Crippen LogP contribution in [0.3, 0.4) is 0 Å². The maximum atomic E-state index is 12.8. The molecule has 2 rings (SSSR count). The SMILES string of the molecule is CC(C)C[C@H](NC(=O)OCc1ccccc1)C(=O)N[C@@H](C(=O)O)[C@H]1CCCC(=O)C1. The molecule has 0 heterocycles. The van der Waals surface area contributed by atoms with Gasteiger partial charge in [0.1, 0.15) is 24.5 Å². The van der Waals surface area contributed by atoms with Crippen molar-refractivity contribution in [3.63, 3.8) is 0 Å². The van der Waals surface area contributed by atoms with Gasteiger partial charge in [0.25, 0.3) is 0 Å². The number of nitrogens with one attached hydrogen (secondary N) is 2. The molecule has 8 heteroatoms. The summed E-state index contributed by atoms with van der Waals surface area (Å²) < 4.78 is 5.18. The molecule has 0 radical (unpaired) electrons. The van der Waals surface area contributed by atoms with Crippen LogP contribution in [0.2, 0.25) is 0 Å². The number of aliphatic carboxylic acids is 1. The van der Waals surface area contributed by atoms with Crippen LogP contribution in [0, 0.1) is 11.8 Å². The number of alkyl carbamates (subject to hydrolysis) is 1. The molecule has 1 saturated carbocycles. The highest BCUT2D eigenvalue weighted by molar-refractivity contribution is 5.90. The summed E-state index contributed by atoms with van der Waals surface area (Å²) >= 11 is 0. The molecular weight excluding hydrogens is 388 g/mol. The zero-order valence-electron chi connectivity index (χ0n) is 17.4. The molecule has 164 valence electrons. The Balaban J connectivity index is 1.99. The largest absolute Gasteiger partial charge is 0.480 e. The van der Waals surface area contributed by atoms with Gasteiger partial charge in [-0.2, -0.15) is 0 Å². The number of rotatable bonds is 9. The number of benzene rings is 1. The lowest BCUT2D eigenvalue weighted by atomic mass is 9.83. The van der Waals surface area contributed by atoms with Gasteiger partial charge < -0.3 is 20.5 Å². The second kappa shape index (κ2) is 11.3. The van der Waals surface area contributed by atoms with Gasteiger partial charge in [0, 0.05) is 12.8 Å². The Kier molecular flexibility index (Phi) is 8.83. The number of carbonyl (C=O) groups excluding carboxylic acids is 3. The van der Waals surface area contributed by atoms with Gasteiger partial charge in [-0.25, -0.2) is 9.59 Å².